The second-order valence-corrected chi connectivity index (χ2v) is 18.8. The minimum Gasteiger partial charge on any atom is -0.461 e. The number of rotatable bonds is 13. The molecule has 5 saturated heterocycles. The summed E-state index contributed by atoms with van der Waals surface area (Å²) < 4.78 is 25.5. The molecule has 5 N–H and O–H groups in total. The van der Waals surface area contributed by atoms with Crippen molar-refractivity contribution in [1.29, 1.82) is 0 Å². The fraction of sp³-hybridized carbons (Fsp3) is 0.745. The number of nitrogens with two attached hydrogens (primary N) is 1. The van der Waals surface area contributed by atoms with Gasteiger partial charge in [0.15, 0.2) is 11.4 Å². The van der Waals surface area contributed by atoms with Crippen LogP contribution in [0.15, 0.2) is 28.9 Å². The van der Waals surface area contributed by atoms with Crippen LogP contribution in [0.3, 0.4) is 0 Å². The molecule has 0 aliphatic carbocycles. The quantitative estimate of drug-likeness (QED) is 0.175. The van der Waals surface area contributed by atoms with Gasteiger partial charge in [-0.3, -0.25) is 24.5 Å². The number of fused-ring (bicyclic) bond motifs is 1. The van der Waals surface area contributed by atoms with Gasteiger partial charge in [-0.25, -0.2) is 24.2 Å². The Balaban J connectivity index is 0.000000277. The summed E-state index contributed by atoms with van der Waals surface area (Å²) in [6.07, 6.45) is 3.01. The summed E-state index contributed by atoms with van der Waals surface area (Å²) in [6, 6.07) is 5.43. The molecule has 0 saturated carbocycles. The van der Waals surface area contributed by atoms with E-state index in [0.29, 0.717) is 56.6 Å². The third kappa shape index (κ3) is 22.5. The summed E-state index contributed by atoms with van der Waals surface area (Å²) in [6.45, 7) is 27.6. The lowest BCUT2D eigenvalue weighted by Gasteiger charge is -2.34. The minimum absolute atomic E-state index is 0. The van der Waals surface area contributed by atoms with E-state index < -0.39 is 0 Å². The molecule has 27 nitrogen and oxygen atoms in total. The van der Waals surface area contributed by atoms with Crippen molar-refractivity contribution in [2.45, 2.75) is 34.1 Å². The summed E-state index contributed by atoms with van der Waals surface area (Å²) in [7, 11) is 7.63. The molecule has 0 spiro atoms. The van der Waals surface area contributed by atoms with Crippen LogP contribution in [-0.4, -0.2) is 317 Å². The van der Waals surface area contributed by atoms with Crippen molar-refractivity contribution in [2.75, 3.05) is 229 Å². The van der Waals surface area contributed by atoms with Gasteiger partial charge in [-0.2, -0.15) is 9.50 Å². The fourth-order valence-corrected chi connectivity index (χ4v) is 8.99. The van der Waals surface area contributed by atoms with Crippen LogP contribution < -0.4 is 16.0 Å². The Labute approximate surface area is 462 Å². The Hall–Kier alpha value is -5.81. The number of aliphatic hydroxyl groups excluding tert-OH is 2. The Morgan fingerprint density at radius 3 is 1.35 bits per heavy atom. The van der Waals surface area contributed by atoms with Gasteiger partial charge in [-0.1, -0.05) is 21.3 Å². The van der Waals surface area contributed by atoms with Gasteiger partial charge in [0.25, 0.3) is 0 Å². The molecule has 5 fully saturated rings. The number of aliphatic hydroxyl groups is 2. The Morgan fingerprint density at radius 2 is 0.987 bits per heavy atom. The topological polar surface area (TPSA) is 272 Å². The standard InChI is InChI=1S/C18H24N8O3.2C9H18N2O2.C8H16N2O3.C6H14N2O.CH4/c1-23(5-6-24-7-9-25(10-8-24)18(27)28-2)14-12-15-20-16(13-4-3-11-29-13)22-26(15)17(19)21-14;2*1-3-4-10-5-7-11(8-6-10)9(12)13-2;1-13-8(12)10-4-2-9(3-5-10)6-7-11;9-6-5-8-3-1-7-2-4-8;/h3-4,11-12H,5-10H2,1-2H3,(H2,19,21);2*3-8H2,1-2H3;11H,2-7H2,1H3;7,9H,1-6H2;1H4. The van der Waals surface area contributed by atoms with E-state index in [4.69, 9.17) is 25.1 Å². The summed E-state index contributed by atoms with van der Waals surface area (Å²) in [5.74, 6) is 2.03. The number of nitrogens with zero attached hydrogens (tertiary/aromatic N) is 14. The van der Waals surface area contributed by atoms with Crippen LogP contribution in [0.2, 0.25) is 0 Å². The normalized spacial score (nSPS) is 17.6. The van der Waals surface area contributed by atoms with E-state index in [1.54, 1.807) is 38.0 Å². The number of carbonyl (C=O) groups excluding carboxylic acids is 4. The first-order chi connectivity index (χ1) is 37.3. The molecule has 78 heavy (non-hydrogen) atoms. The molecule has 5 aliphatic rings. The molecular weight excluding hydrogens is 1010 g/mol. The lowest BCUT2D eigenvalue weighted by atomic mass is 10.3. The van der Waals surface area contributed by atoms with Gasteiger partial charge < -0.3 is 69.1 Å². The zero-order valence-corrected chi connectivity index (χ0v) is 46.9. The van der Waals surface area contributed by atoms with E-state index in [-0.39, 0.29) is 44.4 Å². The number of amides is 4. The number of nitrogens with one attached hydrogen (secondary N) is 1. The summed E-state index contributed by atoms with van der Waals surface area (Å²) in [5, 5.41) is 24.9. The Bertz CT molecular complexity index is 2010. The van der Waals surface area contributed by atoms with Gasteiger partial charge in [-0.05, 0) is 38.1 Å². The molecule has 3 aromatic heterocycles. The zero-order valence-electron chi connectivity index (χ0n) is 46.9. The predicted molar refractivity (Wildman–Crippen MR) is 299 cm³/mol. The van der Waals surface area contributed by atoms with Crippen LogP contribution in [0.5, 0.6) is 0 Å². The highest BCUT2D eigenvalue weighted by Crippen LogP contribution is 2.21. The number of carbonyl (C=O) groups is 4. The molecule has 0 bridgehead atoms. The number of aromatic nitrogens is 4. The number of nitrogen functional groups attached to an aromatic ring is 1. The number of ether oxygens (including phenoxy) is 4. The molecule has 0 radical (unpaired) electrons. The van der Waals surface area contributed by atoms with E-state index >= 15 is 0 Å². The summed E-state index contributed by atoms with van der Waals surface area (Å²) in [5.41, 5.74) is 6.70. The molecular formula is C51H94N16O11. The van der Waals surface area contributed by atoms with Gasteiger partial charge in [-0.15, -0.1) is 5.10 Å². The highest BCUT2D eigenvalue weighted by Gasteiger charge is 2.24. The van der Waals surface area contributed by atoms with Crippen molar-refractivity contribution in [3.8, 4) is 11.6 Å². The van der Waals surface area contributed by atoms with Crippen molar-refractivity contribution in [1.82, 2.24) is 69.0 Å². The van der Waals surface area contributed by atoms with Crippen LogP contribution in [0.1, 0.15) is 34.1 Å². The Morgan fingerprint density at radius 1 is 0.603 bits per heavy atom. The number of hydrogen-bond acceptors (Lipinski definition) is 22. The van der Waals surface area contributed by atoms with E-state index in [9.17, 15) is 19.2 Å². The molecule has 0 unspecified atom stereocenters. The van der Waals surface area contributed by atoms with E-state index in [1.807, 2.05) is 18.0 Å². The number of hydrogen-bond donors (Lipinski definition) is 4. The smallest absolute Gasteiger partial charge is 0.409 e. The number of likely N-dealkylation sites (N-methyl/N-ethyl adjacent to an activating group) is 1. The first kappa shape index (κ1) is 66.5. The highest BCUT2D eigenvalue weighted by atomic mass is 16.6. The van der Waals surface area contributed by atoms with Gasteiger partial charge in [0, 0.05) is 170 Å². The number of anilines is 2. The lowest BCUT2D eigenvalue weighted by molar-refractivity contribution is 0.0843. The average molecular weight is 1110 g/mol. The van der Waals surface area contributed by atoms with Gasteiger partial charge >= 0.3 is 24.4 Å². The second kappa shape index (κ2) is 37.1. The van der Waals surface area contributed by atoms with Crippen LogP contribution in [0.4, 0.5) is 30.9 Å². The van der Waals surface area contributed by atoms with Crippen molar-refractivity contribution in [3.05, 3.63) is 24.5 Å². The predicted octanol–water partition coefficient (Wildman–Crippen LogP) is 1.23. The van der Waals surface area contributed by atoms with Crippen LogP contribution in [-0.2, 0) is 18.9 Å². The average Bonchev–Trinajstić information content (AvgIpc) is 4.21. The second-order valence-electron chi connectivity index (χ2n) is 18.8. The molecule has 3 aromatic rings. The van der Waals surface area contributed by atoms with Crippen molar-refractivity contribution in [3.63, 3.8) is 0 Å². The van der Waals surface area contributed by atoms with Crippen LogP contribution >= 0.6 is 0 Å². The molecule has 4 amide bonds. The third-order valence-electron chi connectivity index (χ3n) is 13.6. The number of β-amino-alcohol motifs (C(OH)–C–C–N with tert-alkyl or cyclic N) is 2. The molecule has 27 heteroatoms. The maximum atomic E-state index is 11.6. The summed E-state index contributed by atoms with van der Waals surface area (Å²) in [4.78, 5) is 74.2. The number of piperazine rings is 5. The van der Waals surface area contributed by atoms with Crippen LogP contribution in [0, 0.1) is 0 Å². The maximum absolute atomic E-state index is 11.6. The van der Waals surface area contributed by atoms with Crippen LogP contribution in [0.25, 0.3) is 17.2 Å². The monoisotopic (exact) mass is 1110 g/mol. The molecule has 444 valence electrons. The minimum atomic E-state index is -0.267. The number of furan rings is 1. The molecule has 0 atom stereocenters. The summed E-state index contributed by atoms with van der Waals surface area (Å²) >= 11 is 0. The van der Waals surface area contributed by atoms with E-state index in [2.05, 4.69) is 72.9 Å². The third-order valence-corrected chi connectivity index (χ3v) is 13.6. The first-order valence-corrected chi connectivity index (χ1v) is 27.0. The first-order valence-electron chi connectivity index (χ1n) is 27.0. The SMILES string of the molecule is C.CCCN1CCN(C(=O)OC)CC1.CCCN1CCN(C(=O)OC)CC1.COC(=O)N1CCN(CCN(C)c2cc3nc(-c4ccco4)nn3c(N)n2)CC1.COC(=O)N1CCN(CCO)CC1.OCCN1CCNCC1. The van der Waals surface area contributed by atoms with Crippen molar-refractivity contribution < 1.29 is 52.8 Å². The molecule has 8 rings (SSSR count). The van der Waals surface area contributed by atoms with Gasteiger partial charge in [0.1, 0.15) is 5.82 Å². The van der Waals surface area contributed by atoms with E-state index in [1.165, 1.54) is 45.8 Å². The molecule has 8 heterocycles. The number of methoxy groups -OCH3 is 4. The lowest BCUT2D eigenvalue weighted by Crippen LogP contribution is -2.50. The fourth-order valence-electron chi connectivity index (χ4n) is 8.99. The van der Waals surface area contributed by atoms with E-state index in [0.717, 1.165) is 143 Å². The molecule has 5 aliphatic heterocycles. The largest absolute Gasteiger partial charge is 0.461 e. The van der Waals surface area contributed by atoms with Gasteiger partial charge in [0.05, 0.1) is 47.9 Å². The van der Waals surface area contributed by atoms with Crippen molar-refractivity contribution in [2.24, 2.45) is 0 Å². The Kier molecular flexibility index (Phi) is 31.6. The van der Waals surface area contributed by atoms with Gasteiger partial charge in [0.2, 0.25) is 11.8 Å². The molecule has 0 aromatic carbocycles. The zero-order chi connectivity index (χ0) is 56.0. The highest BCUT2D eigenvalue weighted by molar-refractivity contribution is 5.68. The maximum Gasteiger partial charge on any atom is 0.409 e. The van der Waals surface area contributed by atoms with Crippen molar-refractivity contribution >= 4 is 41.8 Å².